The second-order valence-corrected chi connectivity index (χ2v) is 4.82. The number of aromatic nitrogens is 2. The van der Waals surface area contributed by atoms with Gasteiger partial charge in [-0.3, -0.25) is 0 Å². The fourth-order valence-electron chi connectivity index (χ4n) is 2.38. The van der Waals surface area contributed by atoms with Crippen molar-refractivity contribution in [2.75, 3.05) is 13.6 Å². The summed E-state index contributed by atoms with van der Waals surface area (Å²) in [7, 11) is 4.02. The number of aryl methyl sites for hydroxylation is 1. The summed E-state index contributed by atoms with van der Waals surface area (Å²) in [5.74, 6) is 0.958. The topological polar surface area (TPSA) is 41.3 Å². The number of likely N-dealkylation sites (N-methyl/N-ethyl adjacent to an activating group) is 1. The fraction of sp³-hybridized carbons (Fsp3) is 0.727. The molecule has 1 fully saturated rings. The lowest BCUT2D eigenvalue weighted by Crippen LogP contribution is -2.35. The van der Waals surface area contributed by atoms with Crippen molar-refractivity contribution in [3.05, 3.63) is 18.2 Å². The number of hydrogen-bond acceptors (Lipinski definition) is 3. The predicted octanol–water partition coefficient (Wildman–Crippen LogP) is 0.418. The van der Waals surface area contributed by atoms with E-state index in [2.05, 4.69) is 23.9 Å². The van der Waals surface area contributed by atoms with Crippen LogP contribution in [0.3, 0.4) is 0 Å². The summed E-state index contributed by atoms with van der Waals surface area (Å²) in [5, 5.41) is 10.4. The second-order valence-electron chi connectivity index (χ2n) is 4.82. The number of rotatable bonds is 2. The van der Waals surface area contributed by atoms with Crippen LogP contribution in [0.15, 0.2) is 12.4 Å². The van der Waals surface area contributed by atoms with Gasteiger partial charge in [0.25, 0.3) is 0 Å². The summed E-state index contributed by atoms with van der Waals surface area (Å²) >= 11 is 0. The number of imidazole rings is 1. The van der Waals surface area contributed by atoms with Crippen molar-refractivity contribution in [3.8, 4) is 0 Å². The van der Waals surface area contributed by atoms with E-state index in [4.69, 9.17) is 0 Å². The van der Waals surface area contributed by atoms with Crippen molar-refractivity contribution in [2.24, 2.45) is 7.05 Å². The van der Waals surface area contributed by atoms with Gasteiger partial charge in [0.15, 0.2) is 0 Å². The number of nitrogens with zero attached hydrogens (tertiary/aromatic N) is 3. The quantitative estimate of drug-likeness (QED) is 0.767. The van der Waals surface area contributed by atoms with Crippen LogP contribution in [0.1, 0.15) is 19.2 Å². The highest BCUT2D eigenvalue weighted by atomic mass is 16.3. The first-order chi connectivity index (χ1) is 7.00. The van der Waals surface area contributed by atoms with Crippen molar-refractivity contribution < 1.29 is 5.11 Å². The van der Waals surface area contributed by atoms with Crippen molar-refractivity contribution in [1.82, 2.24) is 14.5 Å². The van der Waals surface area contributed by atoms with Crippen molar-refractivity contribution in [2.45, 2.75) is 31.4 Å². The zero-order valence-corrected chi connectivity index (χ0v) is 9.64. The Labute approximate surface area is 90.5 Å². The molecule has 2 rings (SSSR count). The minimum absolute atomic E-state index is 0.454. The molecule has 0 aromatic carbocycles. The minimum atomic E-state index is -0.604. The standard InChI is InChI=1S/C11H19N3O/c1-9-6-11(15,8-14(9)3)7-10-12-4-5-13(10)2/h4-5,9,15H,6-8H2,1-3H3. The Bertz CT molecular complexity index is 337. The molecule has 0 radical (unpaired) electrons. The van der Waals surface area contributed by atoms with Crippen molar-refractivity contribution in [1.29, 1.82) is 0 Å². The third-order valence-corrected chi connectivity index (χ3v) is 3.38. The molecule has 1 saturated heterocycles. The minimum Gasteiger partial charge on any atom is -0.388 e. The maximum atomic E-state index is 10.4. The van der Waals surface area contributed by atoms with E-state index in [0.717, 1.165) is 18.8 Å². The van der Waals surface area contributed by atoms with E-state index < -0.39 is 5.60 Å². The summed E-state index contributed by atoms with van der Waals surface area (Å²) in [4.78, 5) is 6.46. The Kier molecular flexibility index (Phi) is 2.56. The van der Waals surface area contributed by atoms with Crippen molar-refractivity contribution >= 4 is 0 Å². The summed E-state index contributed by atoms with van der Waals surface area (Å²) in [6.45, 7) is 2.89. The smallest absolute Gasteiger partial charge is 0.111 e. The van der Waals surface area contributed by atoms with Crippen LogP contribution in [-0.4, -0.2) is 44.8 Å². The lowest BCUT2D eigenvalue weighted by atomic mass is 9.96. The first kappa shape index (κ1) is 10.6. The molecular weight excluding hydrogens is 190 g/mol. The SMILES string of the molecule is CC1CC(O)(Cc2nccn2C)CN1C. The van der Waals surface area contributed by atoms with Crippen LogP contribution < -0.4 is 0 Å². The monoisotopic (exact) mass is 209 g/mol. The molecule has 15 heavy (non-hydrogen) atoms. The van der Waals surface area contributed by atoms with Crippen LogP contribution in [0.4, 0.5) is 0 Å². The highest BCUT2D eigenvalue weighted by molar-refractivity contribution is 5.03. The van der Waals surface area contributed by atoms with E-state index in [-0.39, 0.29) is 0 Å². The number of likely N-dealkylation sites (tertiary alicyclic amines) is 1. The van der Waals surface area contributed by atoms with Crippen LogP contribution in [0, 0.1) is 0 Å². The van der Waals surface area contributed by atoms with E-state index >= 15 is 0 Å². The molecule has 0 saturated carbocycles. The van der Waals surface area contributed by atoms with Gasteiger partial charge >= 0.3 is 0 Å². The molecular formula is C11H19N3O. The Balaban J connectivity index is 2.09. The van der Waals surface area contributed by atoms with E-state index in [1.54, 1.807) is 6.20 Å². The van der Waals surface area contributed by atoms with Gasteiger partial charge in [-0.25, -0.2) is 4.98 Å². The van der Waals surface area contributed by atoms with Crippen molar-refractivity contribution in [3.63, 3.8) is 0 Å². The van der Waals surface area contributed by atoms with Crippen LogP contribution in [0.25, 0.3) is 0 Å². The highest BCUT2D eigenvalue weighted by Crippen LogP contribution is 2.28. The molecule has 1 aromatic heterocycles. The van der Waals surface area contributed by atoms with Crippen LogP contribution in [-0.2, 0) is 13.5 Å². The number of hydrogen-bond donors (Lipinski definition) is 1. The Hall–Kier alpha value is -0.870. The number of aliphatic hydroxyl groups is 1. The van der Waals surface area contributed by atoms with Crippen LogP contribution in [0.5, 0.6) is 0 Å². The lowest BCUT2D eigenvalue weighted by Gasteiger charge is -2.21. The molecule has 4 nitrogen and oxygen atoms in total. The van der Waals surface area contributed by atoms with E-state index in [1.165, 1.54) is 0 Å². The highest BCUT2D eigenvalue weighted by Gasteiger charge is 2.39. The maximum Gasteiger partial charge on any atom is 0.111 e. The van der Waals surface area contributed by atoms with E-state index in [9.17, 15) is 5.11 Å². The predicted molar refractivity (Wildman–Crippen MR) is 58.6 cm³/mol. The molecule has 0 spiro atoms. The normalized spacial score (nSPS) is 32.4. The summed E-state index contributed by atoms with van der Waals surface area (Å²) in [6, 6.07) is 0.454. The molecule has 1 aliphatic heterocycles. The molecule has 2 heterocycles. The third kappa shape index (κ3) is 2.06. The maximum absolute atomic E-state index is 10.4. The third-order valence-electron chi connectivity index (χ3n) is 3.38. The van der Waals surface area contributed by atoms with Gasteiger partial charge in [0.1, 0.15) is 5.82 Å². The summed E-state index contributed by atoms with van der Waals surface area (Å²) < 4.78 is 1.97. The number of β-amino-alcohol motifs (C(OH)–C–C–N with tert-alkyl or cyclic N) is 1. The first-order valence-corrected chi connectivity index (χ1v) is 5.39. The fourth-order valence-corrected chi connectivity index (χ4v) is 2.38. The second kappa shape index (κ2) is 3.61. The summed E-state index contributed by atoms with van der Waals surface area (Å²) in [5.41, 5.74) is -0.604. The zero-order valence-electron chi connectivity index (χ0n) is 9.64. The van der Waals surface area contributed by atoms with Gasteiger partial charge in [0.2, 0.25) is 0 Å². The molecule has 2 atom stereocenters. The average Bonchev–Trinajstić information content (AvgIpc) is 2.60. The molecule has 2 unspecified atom stereocenters. The van der Waals surface area contributed by atoms with Crippen LogP contribution in [0.2, 0.25) is 0 Å². The van der Waals surface area contributed by atoms with Gasteiger partial charge in [-0.2, -0.15) is 0 Å². The van der Waals surface area contributed by atoms with E-state index in [1.807, 2.05) is 17.8 Å². The van der Waals surface area contributed by atoms with Gasteiger partial charge in [-0.1, -0.05) is 0 Å². The van der Waals surface area contributed by atoms with Gasteiger partial charge in [0.05, 0.1) is 5.60 Å². The van der Waals surface area contributed by atoms with E-state index in [0.29, 0.717) is 12.5 Å². The molecule has 0 aliphatic carbocycles. The molecule has 0 amide bonds. The van der Waals surface area contributed by atoms with Gasteiger partial charge < -0.3 is 14.6 Å². The molecule has 84 valence electrons. The molecule has 1 N–H and O–H groups in total. The van der Waals surface area contributed by atoms with Gasteiger partial charge in [-0.05, 0) is 20.4 Å². The first-order valence-electron chi connectivity index (χ1n) is 5.39. The van der Waals surface area contributed by atoms with Crippen LogP contribution >= 0.6 is 0 Å². The molecule has 4 heteroatoms. The average molecular weight is 209 g/mol. The lowest BCUT2D eigenvalue weighted by molar-refractivity contribution is 0.0494. The Morgan fingerprint density at radius 3 is 2.80 bits per heavy atom. The zero-order chi connectivity index (χ0) is 11.1. The van der Waals surface area contributed by atoms with Gasteiger partial charge in [0, 0.05) is 38.4 Å². The largest absolute Gasteiger partial charge is 0.388 e. The summed E-state index contributed by atoms with van der Waals surface area (Å²) in [6.07, 6.45) is 5.17. The molecule has 0 bridgehead atoms. The Morgan fingerprint density at radius 2 is 2.33 bits per heavy atom. The molecule has 1 aliphatic rings. The Morgan fingerprint density at radius 1 is 1.60 bits per heavy atom. The molecule has 1 aromatic rings. The van der Waals surface area contributed by atoms with Gasteiger partial charge in [-0.15, -0.1) is 0 Å².